The third-order valence-electron chi connectivity index (χ3n) is 3.84. The van der Waals surface area contributed by atoms with Crippen LogP contribution in [0.3, 0.4) is 0 Å². The van der Waals surface area contributed by atoms with Crippen LogP contribution in [-0.2, 0) is 0 Å². The smallest absolute Gasteiger partial charge is 0.162 e. The first-order valence-corrected chi connectivity index (χ1v) is 7.33. The summed E-state index contributed by atoms with van der Waals surface area (Å²) in [6.45, 7) is 2.16. The molecule has 0 aliphatic carbocycles. The van der Waals surface area contributed by atoms with Gasteiger partial charge in [0.25, 0.3) is 0 Å². The van der Waals surface area contributed by atoms with Crippen molar-refractivity contribution in [3.63, 3.8) is 0 Å². The SMILES string of the molecule is CCCCCC(=O)c1ccc2[nH]c3ccccc3c2c1. The molecule has 102 valence electrons. The lowest BCUT2D eigenvalue weighted by atomic mass is 10.0. The average molecular weight is 265 g/mol. The van der Waals surface area contributed by atoms with Crippen LogP contribution in [0.2, 0.25) is 0 Å². The molecule has 0 spiro atoms. The molecule has 3 aromatic rings. The van der Waals surface area contributed by atoms with Gasteiger partial charge in [-0.2, -0.15) is 0 Å². The number of Topliss-reactive ketones (excluding diaryl/α,β-unsaturated/α-hetero) is 1. The zero-order valence-corrected chi connectivity index (χ0v) is 11.8. The van der Waals surface area contributed by atoms with Crippen LogP contribution in [0.5, 0.6) is 0 Å². The maximum Gasteiger partial charge on any atom is 0.162 e. The Morgan fingerprint density at radius 1 is 1.00 bits per heavy atom. The molecule has 0 bridgehead atoms. The van der Waals surface area contributed by atoms with Crippen LogP contribution in [0, 0.1) is 0 Å². The van der Waals surface area contributed by atoms with E-state index in [2.05, 4.69) is 24.0 Å². The number of carbonyl (C=O) groups is 1. The Kier molecular flexibility index (Phi) is 3.55. The number of ketones is 1. The number of fused-ring (bicyclic) bond motifs is 3. The lowest BCUT2D eigenvalue weighted by molar-refractivity contribution is 0.0979. The van der Waals surface area contributed by atoms with E-state index in [9.17, 15) is 4.79 Å². The highest BCUT2D eigenvalue weighted by atomic mass is 16.1. The summed E-state index contributed by atoms with van der Waals surface area (Å²) in [6, 6.07) is 14.2. The molecule has 0 aliphatic rings. The van der Waals surface area contributed by atoms with Gasteiger partial charge < -0.3 is 4.98 Å². The topological polar surface area (TPSA) is 32.9 Å². The number of carbonyl (C=O) groups excluding carboxylic acids is 1. The standard InChI is InChI=1S/C18H19NO/c1-2-3-4-9-18(20)13-10-11-17-15(12-13)14-7-5-6-8-16(14)19-17/h5-8,10-12,19H,2-4,9H2,1H3. The van der Waals surface area contributed by atoms with Crippen molar-refractivity contribution in [2.75, 3.05) is 0 Å². The summed E-state index contributed by atoms with van der Waals surface area (Å²) in [7, 11) is 0. The Hall–Kier alpha value is -2.09. The van der Waals surface area contributed by atoms with Gasteiger partial charge in [-0.3, -0.25) is 4.79 Å². The number of aromatic amines is 1. The Bertz CT molecular complexity index is 754. The van der Waals surface area contributed by atoms with E-state index in [1.54, 1.807) is 0 Å². The second kappa shape index (κ2) is 5.49. The van der Waals surface area contributed by atoms with Crippen LogP contribution in [0.15, 0.2) is 42.5 Å². The monoisotopic (exact) mass is 265 g/mol. The average Bonchev–Trinajstić information content (AvgIpc) is 2.85. The summed E-state index contributed by atoms with van der Waals surface area (Å²) >= 11 is 0. The Labute approximate surface area is 118 Å². The zero-order valence-electron chi connectivity index (χ0n) is 11.8. The van der Waals surface area contributed by atoms with E-state index < -0.39 is 0 Å². The predicted octanol–water partition coefficient (Wildman–Crippen LogP) is 5.08. The van der Waals surface area contributed by atoms with E-state index in [1.807, 2.05) is 30.3 Å². The fraction of sp³-hybridized carbons (Fsp3) is 0.278. The summed E-state index contributed by atoms with van der Waals surface area (Å²) in [4.78, 5) is 15.6. The molecule has 2 nitrogen and oxygen atoms in total. The molecule has 2 aromatic carbocycles. The molecule has 1 heterocycles. The summed E-state index contributed by atoms with van der Waals surface area (Å²) in [5, 5.41) is 2.33. The predicted molar refractivity (Wildman–Crippen MR) is 84.3 cm³/mol. The van der Waals surface area contributed by atoms with Crippen LogP contribution in [0.1, 0.15) is 43.0 Å². The van der Waals surface area contributed by atoms with Crippen molar-refractivity contribution in [2.24, 2.45) is 0 Å². The Balaban J connectivity index is 1.97. The number of rotatable bonds is 5. The maximum atomic E-state index is 12.2. The van der Waals surface area contributed by atoms with E-state index in [4.69, 9.17) is 0 Å². The highest BCUT2D eigenvalue weighted by Gasteiger charge is 2.09. The van der Waals surface area contributed by atoms with Crippen LogP contribution in [0.4, 0.5) is 0 Å². The Morgan fingerprint density at radius 2 is 1.80 bits per heavy atom. The molecule has 3 rings (SSSR count). The molecule has 0 fully saturated rings. The summed E-state index contributed by atoms with van der Waals surface area (Å²) in [5.74, 6) is 0.255. The van der Waals surface area contributed by atoms with Gasteiger partial charge in [-0.1, -0.05) is 38.0 Å². The molecule has 0 saturated carbocycles. The van der Waals surface area contributed by atoms with Crippen LogP contribution in [-0.4, -0.2) is 10.8 Å². The van der Waals surface area contributed by atoms with Crippen molar-refractivity contribution < 1.29 is 4.79 Å². The van der Waals surface area contributed by atoms with Gasteiger partial charge in [-0.15, -0.1) is 0 Å². The minimum Gasteiger partial charge on any atom is -0.355 e. The van der Waals surface area contributed by atoms with Crippen molar-refractivity contribution in [2.45, 2.75) is 32.6 Å². The quantitative estimate of drug-likeness (QED) is 0.506. The molecule has 0 aliphatic heterocycles. The number of benzene rings is 2. The third-order valence-corrected chi connectivity index (χ3v) is 3.84. The molecule has 20 heavy (non-hydrogen) atoms. The van der Waals surface area contributed by atoms with E-state index in [0.29, 0.717) is 6.42 Å². The van der Waals surface area contributed by atoms with Gasteiger partial charge >= 0.3 is 0 Å². The number of H-pyrrole nitrogens is 1. The fourth-order valence-corrected chi connectivity index (χ4v) is 2.70. The first-order chi connectivity index (χ1) is 9.79. The van der Waals surface area contributed by atoms with Gasteiger partial charge in [-0.05, 0) is 30.7 Å². The number of hydrogen-bond acceptors (Lipinski definition) is 1. The normalized spacial score (nSPS) is 11.2. The summed E-state index contributed by atoms with van der Waals surface area (Å²) in [6.07, 6.45) is 3.92. The molecular formula is C18H19NO. The number of unbranched alkanes of at least 4 members (excludes halogenated alkanes) is 2. The molecule has 0 unspecified atom stereocenters. The highest BCUT2D eigenvalue weighted by Crippen LogP contribution is 2.26. The second-order valence-electron chi connectivity index (χ2n) is 5.31. The minimum absolute atomic E-state index is 0.255. The van der Waals surface area contributed by atoms with Gasteiger partial charge in [0.05, 0.1) is 0 Å². The third kappa shape index (κ3) is 2.34. The van der Waals surface area contributed by atoms with Crippen molar-refractivity contribution in [1.82, 2.24) is 4.98 Å². The fourth-order valence-electron chi connectivity index (χ4n) is 2.70. The van der Waals surface area contributed by atoms with Gasteiger partial charge in [0.1, 0.15) is 0 Å². The van der Waals surface area contributed by atoms with Crippen molar-refractivity contribution >= 4 is 27.6 Å². The molecule has 2 heteroatoms. The first kappa shape index (κ1) is 12.9. The second-order valence-corrected chi connectivity index (χ2v) is 5.31. The number of para-hydroxylation sites is 1. The van der Waals surface area contributed by atoms with Crippen LogP contribution >= 0.6 is 0 Å². The highest BCUT2D eigenvalue weighted by molar-refractivity contribution is 6.10. The molecule has 0 radical (unpaired) electrons. The van der Waals surface area contributed by atoms with Crippen LogP contribution in [0.25, 0.3) is 21.8 Å². The molecule has 0 atom stereocenters. The molecule has 1 N–H and O–H groups in total. The summed E-state index contributed by atoms with van der Waals surface area (Å²) < 4.78 is 0. The lowest BCUT2D eigenvalue weighted by Crippen LogP contribution is -1.98. The van der Waals surface area contributed by atoms with E-state index in [1.165, 1.54) is 5.39 Å². The number of hydrogen-bond donors (Lipinski definition) is 1. The van der Waals surface area contributed by atoms with Crippen molar-refractivity contribution in [3.05, 3.63) is 48.0 Å². The number of aromatic nitrogens is 1. The molecule has 0 amide bonds. The Morgan fingerprint density at radius 3 is 2.65 bits per heavy atom. The van der Waals surface area contributed by atoms with Gasteiger partial charge in [-0.25, -0.2) is 0 Å². The van der Waals surface area contributed by atoms with E-state index in [0.717, 1.165) is 41.2 Å². The van der Waals surface area contributed by atoms with Crippen molar-refractivity contribution in [3.8, 4) is 0 Å². The summed E-state index contributed by atoms with van der Waals surface area (Å²) in [5.41, 5.74) is 3.05. The zero-order chi connectivity index (χ0) is 13.9. The first-order valence-electron chi connectivity index (χ1n) is 7.33. The van der Waals surface area contributed by atoms with Gasteiger partial charge in [0, 0.05) is 33.8 Å². The minimum atomic E-state index is 0.255. The maximum absolute atomic E-state index is 12.2. The molecular weight excluding hydrogens is 246 g/mol. The van der Waals surface area contributed by atoms with Gasteiger partial charge in [0.2, 0.25) is 0 Å². The number of nitrogens with one attached hydrogen (secondary N) is 1. The van der Waals surface area contributed by atoms with E-state index >= 15 is 0 Å². The van der Waals surface area contributed by atoms with E-state index in [-0.39, 0.29) is 5.78 Å². The largest absolute Gasteiger partial charge is 0.355 e. The molecule has 1 aromatic heterocycles. The van der Waals surface area contributed by atoms with Gasteiger partial charge in [0.15, 0.2) is 5.78 Å². The lowest BCUT2D eigenvalue weighted by Gasteiger charge is -2.01. The van der Waals surface area contributed by atoms with Crippen LogP contribution < -0.4 is 0 Å². The molecule has 0 saturated heterocycles. The van der Waals surface area contributed by atoms with Crippen molar-refractivity contribution in [1.29, 1.82) is 0 Å².